The van der Waals surface area contributed by atoms with Gasteiger partial charge in [-0.2, -0.15) is 9.67 Å². The molecule has 1 aromatic heterocycles. The first-order valence-corrected chi connectivity index (χ1v) is 7.52. The van der Waals surface area contributed by atoms with Crippen LogP contribution in [0.1, 0.15) is 5.56 Å². The fraction of sp³-hybridized carbons (Fsp3) is 0. The van der Waals surface area contributed by atoms with Gasteiger partial charge < -0.3 is 5.73 Å². The van der Waals surface area contributed by atoms with E-state index in [1.807, 2.05) is 42.5 Å². The topological polar surface area (TPSA) is 85.8 Å². The predicted molar refractivity (Wildman–Crippen MR) is 94.9 cm³/mol. The smallest absolute Gasteiger partial charge is 0.251 e. The number of para-hydroxylation sites is 1. The van der Waals surface area contributed by atoms with Gasteiger partial charge in [0.05, 0.1) is 5.69 Å². The summed E-state index contributed by atoms with van der Waals surface area (Å²) in [4.78, 5) is 16.0. The van der Waals surface area contributed by atoms with Crippen LogP contribution in [-0.4, -0.2) is 20.7 Å². The highest BCUT2D eigenvalue weighted by molar-refractivity contribution is 6.30. The third-order valence-electron chi connectivity index (χ3n) is 3.17. The number of amides is 1. The van der Waals surface area contributed by atoms with E-state index in [0.29, 0.717) is 5.02 Å². The minimum absolute atomic E-state index is 0.141. The molecule has 0 fully saturated rings. The second kappa shape index (κ2) is 6.97. The van der Waals surface area contributed by atoms with Crippen LogP contribution in [0.4, 0.5) is 11.9 Å². The van der Waals surface area contributed by atoms with E-state index in [2.05, 4.69) is 15.4 Å². The lowest BCUT2D eigenvalue weighted by Gasteiger charge is -2.00. The van der Waals surface area contributed by atoms with Gasteiger partial charge in [-0.1, -0.05) is 41.9 Å². The second-order valence-corrected chi connectivity index (χ2v) is 5.35. The predicted octanol–water partition coefficient (Wildman–Crippen LogP) is 3.15. The lowest BCUT2D eigenvalue weighted by Crippen LogP contribution is -2.09. The molecule has 3 rings (SSSR count). The van der Waals surface area contributed by atoms with Crippen LogP contribution in [0.5, 0.6) is 0 Å². The Morgan fingerprint density at radius 3 is 2.54 bits per heavy atom. The van der Waals surface area contributed by atoms with Gasteiger partial charge >= 0.3 is 0 Å². The molecule has 0 saturated heterocycles. The molecule has 1 amide bonds. The Balaban J connectivity index is 1.70. The molecule has 0 saturated carbocycles. The van der Waals surface area contributed by atoms with Gasteiger partial charge in [-0.3, -0.25) is 10.1 Å². The van der Waals surface area contributed by atoms with Gasteiger partial charge in [0.2, 0.25) is 5.95 Å². The van der Waals surface area contributed by atoms with Gasteiger partial charge in [-0.25, -0.2) is 0 Å². The molecule has 0 radical (unpaired) electrons. The van der Waals surface area contributed by atoms with Gasteiger partial charge in [0.1, 0.15) is 0 Å². The average molecular weight is 340 g/mol. The molecule has 120 valence electrons. The number of halogens is 1. The Hall–Kier alpha value is -3.12. The fourth-order valence-electron chi connectivity index (χ4n) is 2.03. The minimum Gasteiger partial charge on any atom is -0.368 e. The van der Waals surface area contributed by atoms with Crippen LogP contribution in [-0.2, 0) is 4.79 Å². The van der Waals surface area contributed by atoms with E-state index in [1.54, 1.807) is 18.2 Å². The molecule has 3 N–H and O–H groups in total. The SMILES string of the molecule is Nc1nc(NC(=O)C=Cc2ccc(Cl)cc2)nn1-c1ccccc1. The summed E-state index contributed by atoms with van der Waals surface area (Å²) in [6.07, 6.45) is 3.06. The second-order valence-electron chi connectivity index (χ2n) is 4.92. The Kier molecular flexibility index (Phi) is 4.58. The monoisotopic (exact) mass is 339 g/mol. The molecule has 0 aliphatic heterocycles. The van der Waals surface area contributed by atoms with Gasteiger partial charge in [-0.05, 0) is 35.9 Å². The quantitative estimate of drug-likeness (QED) is 0.715. The lowest BCUT2D eigenvalue weighted by atomic mass is 10.2. The first kappa shape index (κ1) is 15.8. The van der Waals surface area contributed by atoms with Gasteiger partial charge in [0.15, 0.2) is 0 Å². The molecule has 0 spiro atoms. The Bertz CT molecular complexity index is 872. The van der Waals surface area contributed by atoms with Crippen LogP contribution in [0.15, 0.2) is 60.7 Å². The van der Waals surface area contributed by atoms with Crippen LogP contribution >= 0.6 is 11.6 Å². The maximum Gasteiger partial charge on any atom is 0.251 e. The standard InChI is InChI=1S/C17H14ClN5O/c18-13-9-6-12(7-10-13)8-11-15(24)20-17-21-16(19)23(22-17)14-4-2-1-3-5-14/h1-11H,(H3,19,20,21,22,24). The number of hydrogen-bond acceptors (Lipinski definition) is 4. The summed E-state index contributed by atoms with van der Waals surface area (Å²) in [5.41, 5.74) is 7.46. The van der Waals surface area contributed by atoms with Crippen LogP contribution in [0.25, 0.3) is 11.8 Å². The summed E-state index contributed by atoms with van der Waals surface area (Å²) in [6, 6.07) is 16.4. The maximum absolute atomic E-state index is 12.0. The molecule has 6 nitrogen and oxygen atoms in total. The largest absolute Gasteiger partial charge is 0.368 e. The first-order chi connectivity index (χ1) is 11.6. The number of rotatable bonds is 4. The van der Waals surface area contributed by atoms with Crippen molar-refractivity contribution in [1.82, 2.24) is 14.8 Å². The number of nitrogens with two attached hydrogens (primary N) is 1. The lowest BCUT2D eigenvalue weighted by molar-refractivity contribution is -0.111. The molecule has 24 heavy (non-hydrogen) atoms. The normalized spacial score (nSPS) is 10.9. The van der Waals surface area contributed by atoms with Crippen molar-refractivity contribution in [1.29, 1.82) is 0 Å². The molecule has 1 heterocycles. The number of benzene rings is 2. The minimum atomic E-state index is -0.352. The summed E-state index contributed by atoms with van der Waals surface area (Å²) < 4.78 is 1.46. The number of carbonyl (C=O) groups is 1. The van der Waals surface area contributed by atoms with Crippen molar-refractivity contribution >= 4 is 35.5 Å². The number of hydrogen-bond donors (Lipinski definition) is 2. The van der Waals surface area contributed by atoms with Crippen molar-refractivity contribution in [2.24, 2.45) is 0 Å². The number of carbonyl (C=O) groups excluding carboxylic acids is 1. The van der Waals surface area contributed by atoms with E-state index in [9.17, 15) is 4.79 Å². The summed E-state index contributed by atoms with van der Waals surface area (Å²) in [5, 5.41) is 7.40. The van der Waals surface area contributed by atoms with E-state index in [1.165, 1.54) is 10.8 Å². The van der Waals surface area contributed by atoms with E-state index in [0.717, 1.165) is 11.3 Å². The number of nitrogens with zero attached hydrogens (tertiary/aromatic N) is 3. The number of anilines is 2. The van der Waals surface area contributed by atoms with E-state index < -0.39 is 0 Å². The van der Waals surface area contributed by atoms with Crippen LogP contribution in [0, 0.1) is 0 Å². The van der Waals surface area contributed by atoms with Crippen LogP contribution in [0.3, 0.4) is 0 Å². The molecule has 0 bridgehead atoms. The molecular formula is C17H14ClN5O. The Morgan fingerprint density at radius 2 is 1.83 bits per heavy atom. The summed E-state index contributed by atoms with van der Waals surface area (Å²) in [7, 11) is 0. The molecule has 3 aromatic rings. The van der Waals surface area contributed by atoms with Crippen molar-refractivity contribution in [3.63, 3.8) is 0 Å². The molecule has 7 heteroatoms. The van der Waals surface area contributed by atoms with Gasteiger partial charge in [-0.15, -0.1) is 5.10 Å². The molecule has 0 aliphatic rings. The van der Waals surface area contributed by atoms with Crippen molar-refractivity contribution < 1.29 is 4.79 Å². The molecule has 0 aliphatic carbocycles. The van der Waals surface area contributed by atoms with E-state index in [4.69, 9.17) is 17.3 Å². The Labute approximate surface area is 143 Å². The van der Waals surface area contributed by atoms with Crippen molar-refractivity contribution in [3.05, 3.63) is 71.3 Å². The van der Waals surface area contributed by atoms with Crippen LogP contribution < -0.4 is 11.1 Å². The summed E-state index contributed by atoms with van der Waals surface area (Å²) in [5.74, 6) is -0.0181. The van der Waals surface area contributed by atoms with Gasteiger partial charge in [0.25, 0.3) is 11.9 Å². The fourth-order valence-corrected chi connectivity index (χ4v) is 2.16. The van der Waals surface area contributed by atoms with Crippen molar-refractivity contribution in [2.45, 2.75) is 0 Å². The third-order valence-corrected chi connectivity index (χ3v) is 3.42. The molecule has 2 aromatic carbocycles. The van der Waals surface area contributed by atoms with Crippen molar-refractivity contribution in [3.8, 4) is 5.69 Å². The van der Waals surface area contributed by atoms with Crippen LogP contribution in [0.2, 0.25) is 5.02 Å². The molecular weight excluding hydrogens is 326 g/mol. The average Bonchev–Trinajstić information content (AvgIpc) is 2.95. The highest BCUT2D eigenvalue weighted by Crippen LogP contribution is 2.13. The highest BCUT2D eigenvalue weighted by atomic mass is 35.5. The third kappa shape index (κ3) is 3.80. The zero-order valence-electron chi connectivity index (χ0n) is 12.6. The molecule has 0 unspecified atom stereocenters. The number of nitrogens with one attached hydrogen (secondary N) is 1. The van der Waals surface area contributed by atoms with Gasteiger partial charge in [0, 0.05) is 11.1 Å². The van der Waals surface area contributed by atoms with E-state index in [-0.39, 0.29) is 17.8 Å². The maximum atomic E-state index is 12.0. The van der Waals surface area contributed by atoms with E-state index >= 15 is 0 Å². The summed E-state index contributed by atoms with van der Waals surface area (Å²) >= 11 is 5.82. The first-order valence-electron chi connectivity index (χ1n) is 7.14. The number of nitrogen functional groups attached to an aromatic ring is 1. The zero-order chi connectivity index (χ0) is 16.9. The highest BCUT2D eigenvalue weighted by Gasteiger charge is 2.09. The zero-order valence-corrected chi connectivity index (χ0v) is 13.3. The Morgan fingerprint density at radius 1 is 1.12 bits per heavy atom. The van der Waals surface area contributed by atoms with Crippen molar-refractivity contribution in [2.75, 3.05) is 11.1 Å². The molecule has 0 atom stereocenters. The summed E-state index contributed by atoms with van der Waals surface area (Å²) in [6.45, 7) is 0. The number of aromatic nitrogens is 3.